The van der Waals surface area contributed by atoms with Gasteiger partial charge >= 0.3 is 6.36 Å². The summed E-state index contributed by atoms with van der Waals surface area (Å²) in [4.78, 5) is 13.6. The highest BCUT2D eigenvalue weighted by molar-refractivity contribution is 7.14. The second-order valence-electron chi connectivity index (χ2n) is 6.89. The number of alkyl halides is 3. The van der Waals surface area contributed by atoms with E-state index >= 15 is 0 Å². The lowest BCUT2D eigenvalue weighted by atomic mass is 10.0. The summed E-state index contributed by atoms with van der Waals surface area (Å²) in [6.07, 6.45) is -4.27. The number of nitrogens with zero attached hydrogens (tertiary/aromatic N) is 3. The minimum atomic E-state index is -4.78. The Labute approximate surface area is 193 Å². The molecule has 0 saturated carbocycles. The number of amides is 1. The molecule has 172 valence electrons. The van der Waals surface area contributed by atoms with Crippen LogP contribution in [0.4, 0.5) is 13.2 Å². The number of ether oxygens (including phenoxy) is 1. The zero-order valence-electron chi connectivity index (χ0n) is 17.3. The highest BCUT2D eigenvalue weighted by Crippen LogP contribution is 2.33. The topological polar surface area (TPSA) is 81.3 Å². The van der Waals surface area contributed by atoms with E-state index in [0.717, 1.165) is 11.1 Å². The van der Waals surface area contributed by atoms with Gasteiger partial charge in [0.15, 0.2) is 0 Å². The Morgan fingerprint density at radius 3 is 2.41 bits per heavy atom. The van der Waals surface area contributed by atoms with Crippen molar-refractivity contribution in [3.63, 3.8) is 0 Å². The fraction of sp³-hybridized carbons (Fsp3) is 0.286. The maximum absolute atomic E-state index is 12.5. The molecule has 0 spiro atoms. The molecule has 1 unspecified atom stereocenters. The van der Waals surface area contributed by atoms with Crippen LogP contribution >= 0.6 is 23.7 Å². The molecule has 2 N–H and O–H groups in total. The van der Waals surface area contributed by atoms with Gasteiger partial charge in [-0.15, -0.1) is 35.8 Å². The zero-order chi connectivity index (χ0) is 22.6. The Kier molecular flexibility index (Phi) is 8.59. The van der Waals surface area contributed by atoms with Gasteiger partial charge in [0.2, 0.25) is 5.91 Å². The molecule has 0 radical (unpaired) electrons. The molecule has 1 amide bonds. The number of aromatic nitrogens is 2. The van der Waals surface area contributed by atoms with Gasteiger partial charge in [0.1, 0.15) is 15.8 Å². The lowest BCUT2D eigenvalue weighted by molar-refractivity contribution is -0.274. The third-order valence-electron chi connectivity index (χ3n) is 4.69. The highest BCUT2D eigenvalue weighted by atomic mass is 35.5. The van der Waals surface area contributed by atoms with E-state index in [2.05, 4.69) is 14.9 Å². The van der Waals surface area contributed by atoms with Crippen LogP contribution in [-0.4, -0.2) is 34.4 Å². The maximum atomic E-state index is 12.5. The maximum Gasteiger partial charge on any atom is 0.573 e. The molecule has 0 fully saturated rings. The van der Waals surface area contributed by atoms with E-state index in [-0.39, 0.29) is 30.1 Å². The van der Waals surface area contributed by atoms with E-state index in [9.17, 15) is 18.0 Å². The van der Waals surface area contributed by atoms with Crippen LogP contribution in [-0.2, 0) is 17.8 Å². The summed E-state index contributed by atoms with van der Waals surface area (Å²) < 4.78 is 41.5. The van der Waals surface area contributed by atoms with E-state index in [4.69, 9.17) is 5.73 Å². The lowest BCUT2D eigenvalue weighted by Gasteiger charge is -2.25. The molecule has 3 aromatic rings. The first-order chi connectivity index (χ1) is 14.7. The first-order valence-corrected chi connectivity index (χ1v) is 10.2. The number of halogens is 4. The fourth-order valence-corrected chi connectivity index (χ4v) is 3.94. The number of benzene rings is 2. The minimum Gasteiger partial charge on any atom is -0.406 e. The number of carbonyl (C=O) groups excluding carboxylic acids is 1. The van der Waals surface area contributed by atoms with Crippen molar-refractivity contribution in [1.29, 1.82) is 0 Å². The number of likely N-dealkylation sites (N-methyl/N-ethyl adjacent to an activating group) is 1. The Balaban J connectivity index is 0.00000363. The van der Waals surface area contributed by atoms with E-state index in [1.54, 1.807) is 18.0 Å². The van der Waals surface area contributed by atoms with Crippen LogP contribution in [0.3, 0.4) is 0 Å². The number of nitrogens with two attached hydrogens (primary N) is 1. The van der Waals surface area contributed by atoms with Crippen molar-refractivity contribution in [2.24, 2.45) is 5.73 Å². The molecule has 3 rings (SSSR count). The molecule has 0 aliphatic carbocycles. The molecular formula is C21H22ClF3N4O2S. The van der Waals surface area contributed by atoms with Crippen molar-refractivity contribution in [3.05, 3.63) is 64.7 Å². The minimum absolute atomic E-state index is 0. The molecule has 1 aromatic heterocycles. The average Bonchev–Trinajstić information content (AvgIpc) is 3.21. The van der Waals surface area contributed by atoms with Crippen LogP contribution in [0.15, 0.2) is 48.5 Å². The van der Waals surface area contributed by atoms with Crippen LogP contribution in [0, 0.1) is 0 Å². The molecule has 32 heavy (non-hydrogen) atoms. The Bertz CT molecular complexity index is 1040. The molecule has 0 bridgehead atoms. The van der Waals surface area contributed by atoms with Gasteiger partial charge in [0, 0.05) is 26.1 Å². The number of carbonyl (C=O) groups is 1. The fourth-order valence-electron chi connectivity index (χ4n) is 2.96. The van der Waals surface area contributed by atoms with Gasteiger partial charge in [-0.05, 0) is 29.7 Å². The van der Waals surface area contributed by atoms with Gasteiger partial charge in [0.25, 0.3) is 0 Å². The SMILES string of the molecule is CC(=O)N(C)C(Cc1ccc(CN)cc1)c1nnc(-c2cccc(OC(F)(F)F)c2)s1.Cl. The summed E-state index contributed by atoms with van der Waals surface area (Å²) in [5.41, 5.74) is 8.08. The Morgan fingerprint density at radius 2 is 1.81 bits per heavy atom. The smallest absolute Gasteiger partial charge is 0.406 e. The molecule has 1 atom stereocenters. The van der Waals surface area contributed by atoms with Crippen molar-refractivity contribution >= 4 is 29.7 Å². The molecule has 11 heteroatoms. The van der Waals surface area contributed by atoms with E-state index in [1.165, 1.54) is 36.5 Å². The quantitative estimate of drug-likeness (QED) is 0.521. The van der Waals surface area contributed by atoms with Gasteiger partial charge in [-0.3, -0.25) is 4.79 Å². The monoisotopic (exact) mass is 486 g/mol. The predicted octanol–water partition coefficient (Wildman–Crippen LogP) is 4.75. The van der Waals surface area contributed by atoms with Crippen LogP contribution in [0.1, 0.15) is 29.1 Å². The van der Waals surface area contributed by atoms with Crippen molar-refractivity contribution in [2.75, 3.05) is 7.05 Å². The van der Waals surface area contributed by atoms with Gasteiger partial charge in [-0.1, -0.05) is 47.7 Å². The van der Waals surface area contributed by atoms with E-state index < -0.39 is 6.36 Å². The second kappa shape index (κ2) is 10.8. The van der Waals surface area contributed by atoms with E-state index in [1.807, 2.05) is 24.3 Å². The highest BCUT2D eigenvalue weighted by Gasteiger charge is 2.31. The Hall–Kier alpha value is -2.69. The van der Waals surface area contributed by atoms with Crippen LogP contribution < -0.4 is 10.5 Å². The normalized spacial score (nSPS) is 12.1. The summed E-state index contributed by atoms with van der Waals surface area (Å²) in [5.74, 6) is -0.472. The zero-order valence-corrected chi connectivity index (χ0v) is 18.9. The molecule has 0 saturated heterocycles. The van der Waals surface area contributed by atoms with Crippen LogP contribution in [0.2, 0.25) is 0 Å². The van der Waals surface area contributed by atoms with Gasteiger partial charge < -0.3 is 15.4 Å². The lowest BCUT2D eigenvalue weighted by Crippen LogP contribution is -2.30. The molecule has 6 nitrogen and oxygen atoms in total. The average molecular weight is 487 g/mol. The largest absolute Gasteiger partial charge is 0.573 e. The molecule has 1 heterocycles. The summed E-state index contributed by atoms with van der Waals surface area (Å²) in [7, 11) is 1.68. The molecular weight excluding hydrogens is 465 g/mol. The molecule has 0 aliphatic heterocycles. The predicted molar refractivity (Wildman–Crippen MR) is 118 cm³/mol. The van der Waals surface area contributed by atoms with Crippen molar-refractivity contribution in [1.82, 2.24) is 15.1 Å². The summed E-state index contributed by atoms with van der Waals surface area (Å²) in [6, 6.07) is 12.9. The van der Waals surface area contributed by atoms with Crippen molar-refractivity contribution in [3.8, 4) is 16.3 Å². The first kappa shape index (κ1) is 25.6. The number of rotatable bonds is 7. The first-order valence-electron chi connectivity index (χ1n) is 9.37. The van der Waals surface area contributed by atoms with Crippen molar-refractivity contribution < 1.29 is 22.7 Å². The molecule has 2 aromatic carbocycles. The third-order valence-corrected chi connectivity index (χ3v) is 5.77. The standard InChI is InChI=1S/C21H21F3N4O2S.ClH/c1-13(29)28(2)18(10-14-6-8-15(12-25)9-7-14)20-27-26-19(31-20)16-4-3-5-17(11-16)30-21(22,23)24;/h3-9,11,18H,10,12,25H2,1-2H3;1H. The summed E-state index contributed by atoms with van der Waals surface area (Å²) >= 11 is 1.22. The summed E-state index contributed by atoms with van der Waals surface area (Å²) in [5, 5.41) is 9.37. The van der Waals surface area contributed by atoms with Crippen LogP contribution in [0.25, 0.3) is 10.6 Å². The third kappa shape index (κ3) is 6.65. The van der Waals surface area contributed by atoms with E-state index in [0.29, 0.717) is 28.5 Å². The van der Waals surface area contributed by atoms with Crippen LogP contribution in [0.5, 0.6) is 5.75 Å². The van der Waals surface area contributed by atoms with Gasteiger partial charge in [-0.25, -0.2) is 0 Å². The van der Waals surface area contributed by atoms with Gasteiger partial charge in [-0.2, -0.15) is 0 Å². The van der Waals surface area contributed by atoms with Gasteiger partial charge in [0.05, 0.1) is 6.04 Å². The molecule has 0 aliphatic rings. The Morgan fingerprint density at radius 1 is 1.16 bits per heavy atom. The second-order valence-corrected chi connectivity index (χ2v) is 7.90. The summed E-state index contributed by atoms with van der Waals surface area (Å²) in [6.45, 7) is 1.90. The van der Waals surface area contributed by atoms with Crippen molar-refractivity contribution in [2.45, 2.75) is 32.3 Å². The number of hydrogen-bond acceptors (Lipinski definition) is 6. The number of hydrogen-bond donors (Lipinski definition) is 1.